The highest BCUT2D eigenvalue weighted by Crippen LogP contribution is 2.21. The first kappa shape index (κ1) is 21.1. The normalized spacial score (nSPS) is 11.7. The number of aromatic nitrogens is 2. The van der Waals surface area contributed by atoms with Gasteiger partial charge in [-0.25, -0.2) is 13.4 Å². The van der Waals surface area contributed by atoms with Gasteiger partial charge in [-0.05, 0) is 80.3 Å². The van der Waals surface area contributed by atoms with Crippen LogP contribution in [0.4, 0.5) is 5.69 Å². The van der Waals surface area contributed by atoms with Crippen molar-refractivity contribution in [3.63, 3.8) is 0 Å². The molecule has 1 aromatic heterocycles. The van der Waals surface area contributed by atoms with Gasteiger partial charge in [0, 0.05) is 18.7 Å². The van der Waals surface area contributed by atoms with E-state index in [1.807, 2.05) is 56.3 Å². The Kier molecular flexibility index (Phi) is 5.83. The molecule has 0 unspecified atom stereocenters. The quantitative estimate of drug-likeness (QED) is 0.432. The SMILES string of the molecule is CCn1c(CCc2cccc(NS(=O)(=O)c3cc(C)cc(C)c3)c2)nc2ccccc21. The lowest BCUT2D eigenvalue weighted by atomic mass is 10.1. The molecule has 0 amide bonds. The van der Waals surface area contributed by atoms with Gasteiger partial charge in [0.15, 0.2) is 0 Å². The standard InChI is InChI=1S/C25H27N3O2S/c1-4-28-24-11-6-5-10-23(24)26-25(28)13-12-20-8-7-9-21(17-20)27-31(29,30)22-15-18(2)14-19(3)16-22/h5-11,14-17,27H,4,12-13H2,1-3H3. The summed E-state index contributed by atoms with van der Waals surface area (Å²) in [5.41, 5.74) is 5.64. The first-order valence-electron chi connectivity index (χ1n) is 10.5. The highest BCUT2D eigenvalue weighted by molar-refractivity contribution is 7.92. The molecule has 4 aromatic rings. The smallest absolute Gasteiger partial charge is 0.261 e. The Labute approximate surface area is 183 Å². The molecule has 0 bridgehead atoms. The van der Waals surface area contributed by atoms with Crippen LogP contribution in [-0.2, 0) is 29.4 Å². The molecular formula is C25H27N3O2S. The number of aryl methyl sites for hydroxylation is 5. The van der Waals surface area contributed by atoms with Crippen LogP contribution in [0.1, 0.15) is 29.4 Å². The Morgan fingerprint density at radius 2 is 1.65 bits per heavy atom. The molecule has 3 aromatic carbocycles. The number of rotatable bonds is 7. The lowest BCUT2D eigenvalue weighted by Crippen LogP contribution is -2.13. The maximum Gasteiger partial charge on any atom is 0.261 e. The number of para-hydroxylation sites is 2. The van der Waals surface area contributed by atoms with Crippen molar-refractivity contribution >= 4 is 26.7 Å². The molecule has 31 heavy (non-hydrogen) atoms. The van der Waals surface area contributed by atoms with Gasteiger partial charge in [-0.1, -0.05) is 30.3 Å². The minimum Gasteiger partial charge on any atom is -0.328 e. The number of hydrogen-bond acceptors (Lipinski definition) is 3. The Bertz CT molecular complexity index is 1320. The van der Waals surface area contributed by atoms with Crippen molar-refractivity contribution in [2.24, 2.45) is 0 Å². The predicted octanol–water partition coefficient (Wildman–Crippen LogP) is 5.26. The molecule has 160 valence electrons. The second-order valence-electron chi connectivity index (χ2n) is 7.89. The first-order chi connectivity index (χ1) is 14.9. The number of nitrogens with one attached hydrogen (secondary N) is 1. The van der Waals surface area contributed by atoms with Crippen molar-refractivity contribution in [2.75, 3.05) is 4.72 Å². The third kappa shape index (κ3) is 4.64. The summed E-state index contributed by atoms with van der Waals surface area (Å²) in [5.74, 6) is 1.05. The largest absolute Gasteiger partial charge is 0.328 e. The lowest BCUT2D eigenvalue weighted by Gasteiger charge is -2.11. The summed E-state index contributed by atoms with van der Waals surface area (Å²) in [6, 6.07) is 21.1. The number of sulfonamides is 1. The maximum atomic E-state index is 12.9. The summed E-state index contributed by atoms with van der Waals surface area (Å²) >= 11 is 0. The summed E-state index contributed by atoms with van der Waals surface area (Å²) in [6.07, 6.45) is 1.57. The van der Waals surface area contributed by atoms with Gasteiger partial charge < -0.3 is 4.57 Å². The Balaban J connectivity index is 1.53. The predicted molar refractivity (Wildman–Crippen MR) is 126 cm³/mol. The fourth-order valence-electron chi connectivity index (χ4n) is 4.02. The van der Waals surface area contributed by atoms with E-state index in [-0.39, 0.29) is 4.90 Å². The van der Waals surface area contributed by atoms with E-state index in [1.54, 1.807) is 18.2 Å². The van der Waals surface area contributed by atoms with Crippen LogP contribution in [0.15, 0.2) is 71.6 Å². The molecule has 0 saturated heterocycles. The van der Waals surface area contributed by atoms with Crippen LogP contribution < -0.4 is 4.72 Å². The number of anilines is 1. The monoisotopic (exact) mass is 433 g/mol. The van der Waals surface area contributed by atoms with E-state index in [1.165, 1.54) is 0 Å². The molecule has 0 saturated carbocycles. The average molecular weight is 434 g/mol. The lowest BCUT2D eigenvalue weighted by molar-refractivity contribution is 0.601. The third-order valence-electron chi connectivity index (χ3n) is 5.37. The van der Waals surface area contributed by atoms with Crippen molar-refractivity contribution < 1.29 is 8.42 Å². The molecular weight excluding hydrogens is 406 g/mol. The van der Waals surface area contributed by atoms with E-state index in [4.69, 9.17) is 4.98 Å². The highest BCUT2D eigenvalue weighted by Gasteiger charge is 2.15. The van der Waals surface area contributed by atoms with E-state index in [0.717, 1.165) is 52.9 Å². The molecule has 0 radical (unpaired) electrons. The van der Waals surface area contributed by atoms with Crippen LogP contribution in [0.3, 0.4) is 0 Å². The van der Waals surface area contributed by atoms with Gasteiger partial charge in [0.25, 0.3) is 10.0 Å². The van der Waals surface area contributed by atoms with E-state index < -0.39 is 10.0 Å². The summed E-state index contributed by atoms with van der Waals surface area (Å²) in [6.45, 7) is 6.79. The molecule has 0 fully saturated rings. The van der Waals surface area contributed by atoms with E-state index >= 15 is 0 Å². The fourth-order valence-corrected chi connectivity index (χ4v) is 5.25. The van der Waals surface area contributed by atoms with E-state index in [2.05, 4.69) is 22.3 Å². The highest BCUT2D eigenvalue weighted by atomic mass is 32.2. The molecule has 0 aliphatic heterocycles. The number of imidazole rings is 1. The van der Waals surface area contributed by atoms with Crippen molar-refractivity contribution in [1.29, 1.82) is 0 Å². The summed E-state index contributed by atoms with van der Waals surface area (Å²) in [7, 11) is -3.64. The van der Waals surface area contributed by atoms with Gasteiger partial charge in [0.1, 0.15) is 5.82 Å². The molecule has 5 nitrogen and oxygen atoms in total. The molecule has 1 heterocycles. The molecule has 0 aliphatic rings. The minimum atomic E-state index is -3.64. The maximum absolute atomic E-state index is 12.9. The van der Waals surface area contributed by atoms with Crippen LogP contribution in [0.2, 0.25) is 0 Å². The molecule has 0 spiro atoms. The van der Waals surface area contributed by atoms with Crippen LogP contribution in [0.25, 0.3) is 11.0 Å². The second kappa shape index (κ2) is 8.55. The van der Waals surface area contributed by atoms with Crippen molar-refractivity contribution in [3.05, 3.63) is 89.2 Å². The Morgan fingerprint density at radius 3 is 2.39 bits per heavy atom. The van der Waals surface area contributed by atoms with Crippen molar-refractivity contribution in [2.45, 2.75) is 45.1 Å². The molecule has 4 rings (SSSR count). The van der Waals surface area contributed by atoms with E-state index in [9.17, 15) is 8.42 Å². The van der Waals surface area contributed by atoms with Gasteiger partial charge in [0.05, 0.1) is 15.9 Å². The molecule has 0 atom stereocenters. The number of benzene rings is 3. The minimum absolute atomic E-state index is 0.284. The number of nitrogens with zero attached hydrogens (tertiary/aromatic N) is 2. The number of hydrogen-bond donors (Lipinski definition) is 1. The van der Waals surface area contributed by atoms with Gasteiger partial charge in [0.2, 0.25) is 0 Å². The molecule has 1 N–H and O–H groups in total. The first-order valence-corrected chi connectivity index (χ1v) is 12.0. The summed E-state index contributed by atoms with van der Waals surface area (Å²) in [4.78, 5) is 5.07. The zero-order valence-corrected chi connectivity index (χ0v) is 18.9. The van der Waals surface area contributed by atoms with Gasteiger partial charge >= 0.3 is 0 Å². The van der Waals surface area contributed by atoms with Gasteiger partial charge in [-0.15, -0.1) is 0 Å². The van der Waals surface area contributed by atoms with Gasteiger partial charge in [-0.3, -0.25) is 4.72 Å². The fraction of sp³-hybridized carbons (Fsp3) is 0.240. The zero-order valence-electron chi connectivity index (χ0n) is 18.1. The van der Waals surface area contributed by atoms with E-state index in [0.29, 0.717) is 5.69 Å². The zero-order chi connectivity index (χ0) is 22.0. The topological polar surface area (TPSA) is 64.0 Å². The second-order valence-corrected chi connectivity index (χ2v) is 9.57. The van der Waals surface area contributed by atoms with Crippen LogP contribution in [0, 0.1) is 13.8 Å². The summed E-state index contributed by atoms with van der Waals surface area (Å²) < 4.78 is 30.7. The van der Waals surface area contributed by atoms with Crippen molar-refractivity contribution in [3.8, 4) is 0 Å². The van der Waals surface area contributed by atoms with Crippen LogP contribution >= 0.6 is 0 Å². The summed E-state index contributed by atoms with van der Waals surface area (Å²) in [5, 5.41) is 0. The molecule has 0 aliphatic carbocycles. The van der Waals surface area contributed by atoms with Crippen LogP contribution in [-0.4, -0.2) is 18.0 Å². The Hall–Kier alpha value is -3.12. The Morgan fingerprint density at radius 1 is 0.903 bits per heavy atom. The van der Waals surface area contributed by atoms with Gasteiger partial charge in [-0.2, -0.15) is 0 Å². The average Bonchev–Trinajstić information content (AvgIpc) is 3.09. The molecule has 6 heteroatoms. The van der Waals surface area contributed by atoms with Crippen molar-refractivity contribution in [1.82, 2.24) is 9.55 Å². The third-order valence-corrected chi connectivity index (χ3v) is 6.73. The number of fused-ring (bicyclic) bond motifs is 1. The van der Waals surface area contributed by atoms with Crippen LogP contribution in [0.5, 0.6) is 0 Å².